The average molecular weight is 286 g/mol. The van der Waals surface area contributed by atoms with Crippen molar-refractivity contribution in [3.8, 4) is 0 Å². The molecule has 3 saturated carbocycles. The SMILES string of the molecule is COC(C)(C1CC2CC1C1C3C=CC(C3)C21)C(F)(F)F. The van der Waals surface area contributed by atoms with E-state index in [4.69, 9.17) is 4.74 Å². The number of methoxy groups -OCH3 is 1. The van der Waals surface area contributed by atoms with Gasteiger partial charge < -0.3 is 4.74 Å². The molecule has 0 saturated heterocycles. The zero-order chi connectivity index (χ0) is 14.3. The Morgan fingerprint density at radius 3 is 2.25 bits per heavy atom. The van der Waals surface area contributed by atoms with Crippen LogP contribution in [0.15, 0.2) is 12.2 Å². The Labute approximate surface area is 117 Å². The van der Waals surface area contributed by atoms with Gasteiger partial charge in [-0.3, -0.25) is 0 Å². The molecule has 0 aromatic heterocycles. The number of ether oxygens (including phenoxy) is 1. The van der Waals surface area contributed by atoms with Gasteiger partial charge in [-0.1, -0.05) is 12.2 Å². The van der Waals surface area contributed by atoms with Crippen molar-refractivity contribution in [2.75, 3.05) is 7.11 Å². The van der Waals surface area contributed by atoms with Crippen LogP contribution >= 0.6 is 0 Å². The standard InChI is InChI=1S/C16H21F3O/c1-15(20-2,16(17,18)19)12-7-10-6-11(12)14-9-4-3-8(5-9)13(10)14/h3-4,8-14H,5-7H2,1-2H3. The highest BCUT2D eigenvalue weighted by Crippen LogP contribution is 2.69. The van der Waals surface area contributed by atoms with Gasteiger partial charge in [-0.15, -0.1) is 0 Å². The van der Waals surface area contributed by atoms with E-state index in [0.717, 1.165) is 6.42 Å². The number of hydrogen-bond donors (Lipinski definition) is 0. The normalized spacial score (nSPS) is 51.5. The van der Waals surface area contributed by atoms with E-state index in [9.17, 15) is 13.2 Å². The molecule has 0 heterocycles. The van der Waals surface area contributed by atoms with Crippen LogP contribution in [0.3, 0.4) is 0 Å². The van der Waals surface area contributed by atoms with Gasteiger partial charge in [-0.25, -0.2) is 0 Å². The summed E-state index contributed by atoms with van der Waals surface area (Å²) in [5.41, 5.74) is -1.97. The summed E-state index contributed by atoms with van der Waals surface area (Å²) in [7, 11) is 1.22. The zero-order valence-corrected chi connectivity index (χ0v) is 11.9. The summed E-state index contributed by atoms with van der Waals surface area (Å²) in [6.45, 7) is 1.26. The van der Waals surface area contributed by atoms with Crippen molar-refractivity contribution < 1.29 is 17.9 Å². The summed E-state index contributed by atoms with van der Waals surface area (Å²) in [5.74, 6) is 2.69. The summed E-state index contributed by atoms with van der Waals surface area (Å²) in [6.07, 6.45) is 3.18. The van der Waals surface area contributed by atoms with Gasteiger partial charge in [0, 0.05) is 7.11 Å². The molecule has 4 bridgehead atoms. The Hall–Kier alpha value is -0.510. The fourth-order valence-electron chi connectivity index (χ4n) is 6.13. The number of halogens is 3. The van der Waals surface area contributed by atoms with E-state index in [2.05, 4.69) is 12.2 Å². The first-order valence-corrected chi connectivity index (χ1v) is 7.67. The number of rotatable bonds is 2. The smallest absolute Gasteiger partial charge is 0.369 e. The molecule has 0 amide bonds. The molecule has 0 aliphatic heterocycles. The second kappa shape index (κ2) is 3.82. The van der Waals surface area contributed by atoms with Crippen LogP contribution in [0.2, 0.25) is 0 Å². The van der Waals surface area contributed by atoms with Gasteiger partial charge in [0.2, 0.25) is 0 Å². The van der Waals surface area contributed by atoms with Gasteiger partial charge >= 0.3 is 6.18 Å². The van der Waals surface area contributed by atoms with E-state index in [1.807, 2.05) is 0 Å². The largest absolute Gasteiger partial charge is 0.417 e. The highest BCUT2D eigenvalue weighted by atomic mass is 19.4. The van der Waals surface area contributed by atoms with Gasteiger partial charge in [-0.05, 0) is 67.6 Å². The maximum Gasteiger partial charge on any atom is 0.417 e. The molecule has 8 atom stereocenters. The molecule has 0 spiro atoms. The van der Waals surface area contributed by atoms with Crippen LogP contribution in [0.1, 0.15) is 26.2 Å². The van der Waals surface area contributed by atoms with Crippen LogP contribution in [0, 0.1) is 41.4 Å². The molecule has 4 heteroatoms. The van der Waals surface area contributed by atoms with Gasteiger partial charge in [0.1, 0.15) is 0 Å². The molecule has 4 rings (SSSR count). The minimum absolute atomic E-state index is 0.205. The lowest BCUT2D eigenvalue weighted by atomic mass is 9.65. The second-order valence-electron chi connectivity index (χ2n) is 7.41. The van der Waals surface area contributed by atoms with E-state index in [0.29, 0.717) is 36.0 Å². The summed E-state index contributed by atoms with van der Waals surface area (Å²) in [5, 5.41) is 0. The molecule has 4 aliphatic carbocycles. The Morgan fingerprint density at radius 2 is 1.65 bits per heavy atom. The second-order valence-corrected chi connectivity index (χ2v) is 7.41. The number of fused-ring (bicyclic) bond motifs is 9. The maximum atomic E-state index is 13.5. The van der Waals surface area contributed by atoms with E-state index >= 15 is 0 Å². The molecule has 0 radical (unpaired) electrons. The third-order valence-corrected chi connectivity index (χ3v) is 6.96. The Balaban J connectivity index is 1.66. The highest BCUT2D eigenvalue weighted by Gasteiger charge is 2.68. The first kappa shape index (κ1) is 13.2. The molecule has 3 fully saturated rings. The van der Waals surface area contributed by atoms with Gasteiger partial charge in [-0.2, -0.15) is 13.2 Å². The lowest BCUT2D eigenvalue weighted by molar-refractivity contribution is -0.289. The van der Waals surface area contributed by atoms with Crippen molar-refractivity contribution in [1.29, 1.82) is 0 Å². The first-order chi connectivity index (χ1) is 9.37. The Kier molecular flexibility index (Phi) is 2.51. The lowest BCUT2D eigenvalue weighted by Crippen LogP contribution is -2.54. The van der Waals surface area contributed by atoms with E-state index in [1.165, 1.54) is 20.5 Å². The predicted octanol–water partition coefficient (Wildman–Crippen LogP) is 4.05. The molecule has 0 N–H and O–H groups in total. The van der Waals surface area contributed by atoms with Crippen molar-refractivity contribution in [3.63, 3.8) is 0 Å². The molecule has 112 valence electrons. The number of alkyl halides is 3. The van der Waals surface area contributed by atoms with Crippen molar-refractivity contribution in [3.05, 3.63) is 12.2 Å². The number of hydrogen-bond acceptors (Lipinski definition) is 1. The third kappa shape index (κ3) is 1.39. The fourth-order valence-corrected chi connectivity index (χ4v) is 6.13. The Bertz CT molecular complexity index is 457. The summed E-state index contributed by atoms with van der Waals surface area (Å²) < 4.78 is 45.4. The van der Waals surface area contributed by atoms with Crippen molar-refractivity contribution >= 4 is 0 Å². The Morgan fingerprint density at radius 1 is 1.00 bits per heavy atom. The minimum Gasteiger partial charge on any atom is -0.369 e. The first-order valence-electron chi connectivity index (χ1n) is 7.67. The summed E-state index contributed by atoms with van der Waals surface area (Å²) in [4.78, 5) is 0. The van der Waals surface area contributed by atoms with Crippen molar-refractivity contribution in [2.45, 2.75) is 38.0 Å². The van der Waals surface area contributed by atoms with Gasteiger partial charge in [0.05, 0.1) is 0 Å². The average Bonchev–Trinajstić information content (AvgIpc) is 3.12. The monoisotopic (exact) mass is 286 g/mol. The van der Waals surface area contributed by atoms with Gasteiger partial charge in [0.25, 0.3) is 0 Å². The molecule has 8 unspecified atom stereocenters. The van der Waals surface area contributed by atoms with Crippen LogP contribution in [-0.2, 0) is 4.74 Å². The minimum atomic E-state index is -4.28. The van der Waals surface area contributed by atoms with Crippen LogP contribution in [0.5, 0.6) is 0 Å². The predicted molar refractivity (Wildman–Crippen MR) is 68.9 cm³/mol. The van der Waals surface area contributed by atoms with Crippen LogP contribution in [0.4, 0.5) is 13.2 Å². The van der Waals surface area contributed by atoms with Crippen molar-refractivity contribution in [1.82, 2.24) is 0 Å². The summed E-state index contributed by atoms with van der Waals surface area (Å²) in [6, 6.07) is 0. The fraction of sp³-hybridized carbons (Fsp3) is 0.875. The van der Waals surface area contributed by atoms with Gasteiger partial charge in [0.15, 0.2) is 5.60 Å². The molecular weight excluding hydrogens is 265 g/mol. The molecule has 0 aromatic carbocycles. The quantitative estimate of drug-likeness (QED) is 0.550. The van der Waals surface area contributed by atoms with Crippen LogP contribution in [-0.4, -0.2) is 18.9 Å². The lowest BCUT2D eigenvalue weighted by Gasteiger charge is -2.45. The zero-order valence-electron chi connectivity index (χ0n) is 11.9. The topological polar surface area (TPSA) is 9.23 Å². The maximum absolute atomic E-state index is 13.5. The van der Waals surface area contributed by atoms with E-state index < -0.39 is 11.8 Å². The molecular formula is C16H21F3O. The van der Waals surface area contributed by atoms with Crippen LogP contribution < -0.4 is 0 Å². The van der Waals surface area contributed by atoms with Crippen molar-refractivity contribution in [2.24, 2.45) is 41.4 Å². The molecule has 0 aromatic rings. The highest BCUT2D eigenvalue weighted by molar-refractivity contribution is 5.22. The molecule has 1 nitrogen and oxygen atoms in total. The van der Waals surface area contributed by atoms with Crippen LogP contribution in [0.25, 0.3) is 0 Å². The third-order valence-electron chi connectivity index (χ3n) is 6.96. The number of allylic oxidation sites excluding steroid dienone is 2. The summed E-state index contributed by atoms with van der Waals surface area (Å²) >= 11 is 0. The molecule has 20 heavy (non-hydrogen) atoms. The molecule has 4 aliphatic rings. The van der Waals surface area contributed by atoms with E-state index in [1.54, 1.807) is 0 Å². The van der Waals surface area contributed by atoms with E-state index in [-0.39, 0.29) is 11.8 Å².